The number of hydrogen-bond acceptors (Lipinski definition) is 4. The molecule has 2 saturated heterocycles. The minimum absolute atomic E-state index is 0.0734. The quantitative estimate of drug-likeness (QED) is 0.684. The Balaban J connectivity index is 1.78. The van der Waals surface area contributed by atoms with Crippen LogP contribution in [0.1, 0.15) is 25.3 Å². The lowest BCUT2D eigenvalue weighted by molar-refractivity contribution is -0.925. The Morgan fingerprint density at radius 3 is 3.00 bits per heavy atom. The minimum Gasteiger partial charge on any atom is -0.466 e. The number of quaternary nitrogens is 1. The van der Waals surface area contributed by atoms with Gasteiger partial charge in [0, 0.05) is 36.1 Å². The molecule has 5 heteroatoms. The Labute approximate surface area is 147 Å². The number of carbonyl (C=O) groups excluding carboxylic acids is 1. The summed E-state index contributed by atoms with van der Waals surface area (Å²) in [5, 5.41) is 14.0. The predicted octanol–water partition coefficient (Wildman–Crippen LogP) is 0.465. The monoisotopic (exact) mass is 341 g/mol. The number of carbonyl (C=O) groups is 1. The summed E-state index contributed by atoms with van der Waals surface area (Å²) in [6, 6.07) is 8.95. The highest BCUT2D eigenvalue weighted by Gasteiger charge is 2.66. The fourth-order valence-electron chi connectivity index (χ4n) is 6.22. The van der Waals surface area contributed by atoms with Crippen LogP contribution >= 0.6 is 0 Å². The molecular formula is C20H25N2O3+. The molecule has 2 fully saturated rings. The molecule has 0 saturated carbocycles. The van der Waals surface area contributed by atoms with Gasteiger partial charge >= 0.3 is 5.97 Å². The van der Waals surface area contributed by atoms with Crippen molar-refractivity contribution in [2.45, 2.75) is 37.3 Å². The van der Waals surface area contributed by atoms with E-state index in [-0.39, 0.29) is 23.2 Å². The van der Waals surface area contributed by atoms with Gasteiger partial charge in [0.15, 0.2) is 0 Å². The van der Waals surface area contributed by atoms with E-state index < -0.39 is 6.10 Å². The summed E-state index contributed by atoms with van der Waals surface area (Å²) >= 11 is 0. The van der Waals surface area contributed by atoms with Crippen LogP contribution in [-0.4, -0.2) is 43.4 Å². The zero-order valence-electron chi connectivity index (χ0n) is 14.7. The first-order valence-corrected chi connectivity index (χ1v) is 9.30. The van der Waals surface area contributed by atoms with Crippen molar-refractivity contribution in [1.82, 2.24) is 0 Å². The number of methoxy groups -OCH3 is 1. The molecule has 1 spiro atoms. The number of fused-ring (bicyclic) bond motifs is 2. The van der Waals surface area contributed by atoms with E-state index in [1.54, 1.807) is 4.90 Å². The van der Waals surface area contributed by atoms with Gasteiger partial charge in [-0.3, -0.25) is 0 Å². The number of nitrogens with one attached hydrogen (secondary N) is 2. The van der Waals surface area contributed by atoms with Crippen molar-refractivity contribution in [3.05, 3.63) is 41.1 Å². The third-order valence-electron chi connectivity index (χ3n) is 7.21. The van der Waals surface area contributed by atoms with Crippen molar-refractivity contribution >= 4 is 11.7 Å². The Bertz CT molecular complexity index is 787. The second-order valence-electron chi connectivity index (χ2n) is 8.08. The number of benzene rings is 1. The Morgan fingerprint density at radius 2 is 2.24 bits per heavy atom. The Hall–Kier alpha value is -1.85. The predicted molar refractivity (Wildman–Crippen MR) is 93.2 cm³/mol. The minimum atomic E-state index is -0.421. The van der Waals surface area contributed by atoms with Gasteiger partial charge in [0.2, 0.25) is 0 Å². The number of ether oxygens (including phenoxy) is 1. The Kier molecular flexibility index (Phi) is 3.13. The third kappa shape index (κ3) is 1.78. The average Bonchev–Trinajstić information content (AvgIpc) is 3.17. The van der Waals surface area contributed by atoms with E-state index in [4.69, 9.17) is 4.74 Å². The summed E-state index contributed by atoms with van der Waals surface area (Å²) in [4.78, 5) is 14.4. The lowest BCUT2D eigenvalue weighted by Crippen LogP contribution is -3.17. The normalized spacial score (nSPS) is 38.7. The second-order valence-corrected chi connectivity index (χ2v) is 8.08. The highest BCUT2D eigenvalue weighted by atomic mass is 16.5. The second kappa shape index (κ2) is 5.08. The number of aliphatic hydroxyl groups excluding tert-OH is 1. The molecule has 0 amide bonds. The van der Waals surface area contributed by atoms with Gasteiger partial charge in [0.25, 0.3) is 0 Å². The van der Waals surface area contributed by atoms with Crippen LogP contribution in [0.2, 0.25) is 0 Å². The smallest absolute Gasteiger partial charge is 0.335 e. The van der Waals surface area contributed by atoms with Gasteiger partial charge in [-0.25, -0.2) is 4.79 Å². The lowest BCUT2D eigenvalue weighted by atomic mass is 9.60. The van der Waals surface area contributed by atoms with Crippen LogP contribution < -0.4 is 10.2 Å². The number of anilines is 1. The van der Waals surface area contributed by atoms with Crippen LogP contribution in [0.3, 0.4) is 0 Å². The van der Waals surface area contributed by atoms with Gasteiger partial charge in [-0.15, -0.1) is 0 Å². The van der Waals surface area contributed by atoms with Crippen molar-refractivity contribution in [1.29, 1.82) is 0 Å². The number of hydrogen-bond donors (Lipinski definition) is 3. The molecule has 5 nitrogen and oxygen atoms in total. The molecule has 3 aliphatic heterocycles. The van der Waals surface area contributed by atoms with Crippen molar-refractivity contribution in [2.75, 3.05) is 25.5 Å². The molecule has 3 heterocycles. The number of piperidine rings is 1. The SMILES string of the molecule is COC(=O)C1=C2Nc3ccccc3[C@@]23CC[NH+]2C[C@@H]([C@H](C)O)[C@@H]1C[C@H]23. The molecular weight excluding hydrogens is 316 g/mol. The number of para-hydroxylation sites is 1. The molecule has 2 bridgehead atoms. The summed E-state index contributed by atoms with van der Waals surface area (Å²) in [7, 11) is 1.46. The van der Waals surface area contributed by atoms with Gasteiger partial charge in [-0.05, 0) is 18.6 Å². The fraction of sp³-hybridized carbons (Fsp3) is 0.550. The van der Waals surface area contributed by atoms with E-state index in [0.29, 0.717) is 6.04 Å². The summed E-state index contributed by atoms with van der Waals surface area (Å²) in [6.07, 6.45) is 1.58. The molecule has 5 rings (SSSR count). The summed E-state index contributed by atoms with van der Waals surface area (Å²) in [5.74, 6) is -0.0576. The largest absolute Gasteiger partial charge is 0.466 e. The Morgan fingerprint density at radius 1 is 1.44 bits per heavy atom. The van der Waals surface area contributed by atoms with Crippen molar-refractivity contribution in [3.63, 3.8) is 0 Å². The van der Waals surface area contributed by atoms with Crippen LogP contribution in [0, 0.1) is 11.8 Å². The molecule has 1 aliphatic carbocycles. The van der Waals surface area contributed by atoms with E-state index in [1.165, 1.54) is 12.7 Å². The van der Waals surface area contributed by atoms with Crippen molar-refractivity contribution in [2.24, 2.45) is 11.8 Å². The molecule has 3 N–H and O–H groups in total. The fourth-order valence-corrected chi connectivity index (χ4v) is 6.22. The lowest BCUT2D eigenvalue weighted by Gasteiger charge is -2.48. The molecule has 132 valence electrons. The van der Waals surface area contributed by atoms with Gasteiger partial charge in [0.05, 0.1) is 37.3 Å². The maximum Gasteiger partial charge on any atom is 0.335 e. The molecule has 4 aliphatic rings. The highest BCUT2D eigenvalue weighted by molar-refractivity contribution is 5.93. The van der Waals surface area contributed by atoms with E-state index >= 15 is 0 Å². The van der Waals surface area contributed by atoms with Crippen LogP contribution in [0.4, 0.5) is 5.69 Å². The number of esters is 1. The highest BCUT2D eigenvalue weighted by Crippen LogP contribution is 2.57. The molecule has 6 atom stereocenters. The van der Waals surface area contributed by atoms with Crippen LogP contribution in [-0.2, 0) is 14.9 Å². The standard InChI is InChI=1S/C20H24N2O3/c1-11(23)13-10-22-8-7-20-14-5-3-4-6-15(14)21-18(20)17(19(24)25-2)12(13)9-16(20)22/h3-6,11-13,16,21,23H,7-10H2,1-2H3/p+1/t11-,12-,13-,16-,20+/m0/s1. The van der Waals surface area contributed by atoms with Gasteiger partial charge in [0.1, 0.15) is 6.04 Å². The number of rotatable bonds is 2. The first kappa shape index (κ1) is 15.4. The molecule has 1 aromatic carbocycles. The van der Waals surface area contributed by atoms with Crippen LogP contribution in [0.25, 0.3) is 0 Å². The number of aliphatic hydroxyl groups is 1. The summed E-state index contributed by atoms with van der Waals surface area (Å²) in [5.41, 5.74) is 4.21. The maximum absolute atomic E-state index is 12.8. The molecule has 0 aromatic heterocycles. The van der Waals surface area contributed by atoms with E-state index in [0.717, 1.165) is 42.9 Å². The summed E-state index contributed by atoms with van der Waals surface area (Å²) < 4.78 is 5.19. The van der Waals surface area contributed by atoms with Gasteiger partial charge in [-0.1, -0.05) is 18.2 Å². The van der Waals surface area contributed by atoms with Crippen molar-refractivity contribution < 1.29 is 19.5 Å². The molecule has 1 aromatic rings. The molecule has 1 unspecified atom stereocenters. The summed E-state index contributed by atoms with van der Waals surface area (Å²) in [6.45, 7) is 3.89. The molecule has 25 heavy (non-hydrogen) atoms. The zero-order chi connectivity index (χ0) is 17.3. The average molecular weight is 341 g/mol. The van der Waals surface area contributed by atoms with E-state index in [9.17, 15) is 9.90 Å². The van der Waals surface area contributed by atoms with E-state index in [2.05, 4.69) is 23.5 Å². The topological polar surface area (TPSA) is 63.0 Å². The maximum atomic E-state index is 12.8. The zero-order valence-corrected chi connectivity index (χ0v) is 14.7. The van der Waals surface area contributed by atoms with Gasteiger partial charge in [-0.2, -0.15) is 0 Å². The van der Waals surface area contributed by atoms with E-state index in [1.807, 2.05) is 13.0 Å². The first-order chi connectivity index (χ1) is 12.1. The first-order valence-electron chi connectivity index (χ1n) is 9.30. The van der Waals surface area contributed by atoms with Crippen LogP contribution in [0.15, 0.2) is 35.5 Å². The van der Waals surface area contributed by atoms with Gasteiger partial charge < -0.3 is 20.1 Å². The van der Waals surface area contributed by atoms with Crippen LogP contribution in [0.5, 0.6) is 0 Å². The third-order valence-corrected chi connectivity index (χ3v) is 7.21. The molecule has 0 radical (unpaired) electrons. The van der Waals surface area contributed by atoms with Crippen molar-refractivity contribution in [3.8, 4) is 0 Å².